The zero-order valence-corrected chi connectivity index (χ0v) is 19.0. The number of halogens is 1. The molecule has 2 atom stereocenters. The molecule has 0 saturated carbocycles. The summed E-state index contributed by atoms with van der Waals surface area (Å²) in [6, 6.07) is 15.8. The van der Waals surface area contributed by atoms with E-state index >= 15 is 0 Å². The molecule has 3 rings (SSSR count). The fraction of sp³-hybridized carbons (Fsp3) is 0.348. The fourth-order valence-electron chi connectivity index (χ4n) is 3.47. The first-order valence-electron chi connectivity index (χ1n) is 9.55. The number of hydrogen-bond donors (Lipinski definition) is 1. The molecule has 0 aliphatic carbocycles. The van der Waals surface area contributed by atoms with Gasteiger partial charge in [0.2, 0.25) is 0 Å². The number of hydrogen-bond acceptors (Lipinski definition) is 4. The van der Waals surface area contributed by atoms with Gasteiger partial charge in [-0.3, -0.25) is 9.63 Å². The summed E-state index contributed by atoms with van der Waals surface area (Å²) >= 11 is 7.81. The van der Waals surface area contributed by atoms with E-state index in [-0.39, 0.29) is 23.4 Å². The van der Waals surface area contributed by atoms with Gasteiger partial charge < -0.3 is 0 Å². The zero-order chi connectivity index (χ0) is 21.2. The lowest BCUT2D eigenvalue weighted by Crippen LogP contribution is -2.37. The molecule has 2 aromatic carbocycles. The number of rotatable bonds is 5. The first-order chi connectivity index (χ1) is 13.7. The standard InChI is InChI=1S/C23H27ClN2O2S/c1-15-8-6-7-9-19(15)29-26-20(23(2,3)4)14-18(22(27)25-28-5)21(26)16-10-12-17(24)13-11-16/h6-14,20-21H,1-5H3,(H,25,27). The zero-order valence-electron chi connectivity index (χ0n) is 17.4. The number of hydroxylamine groups is 1. The van der Waals surface area contributed by atoms with Gasteiger partial charge in [0, 0.05) is 21.5 Å². The van der Waals surface area contributed by atoms with Gasteiger partial charge in [0.15, 0.2) is 0 Å². The third-order valence-electron chi connectivity index (χ3n) is 4.99. The number of amides is 1. The predicted octanol–water partition coefficient (Wildman–Crippen LogP) is 5.73. The smallest absolute Gasteiger partial charge is 0.272 e. The molecule has 1 aliphatic heterocycles. The largest absolute Gasteiger partial charge is 0.277 e. The van der Waals surface area contributed by atoms with Crippen LogP contribution in [0, 0.1) is 12.3 Å². The molecule has 2 unspecified atom stereocenters. The molecule has 0 fully saturated rings. The van der Waals surface area contributed by atoms with Gasteiger partial charge >= 0.3 is 0 Å². The first kappa shape index (κ1) is 21.9. The summed E-state index contributed by atoms with van der Waals surface area (Å²) < 4.78 is 2.32. The lowest BCUT2D eigenvalue weighted by atomic mass is 9.87. The lowest BCUT2D eigenvalue weighted by molar-refractivity contribution is -0.127. The van der Waals surface area contributed by atoms with Gasteiger partial charge in [-0.1, -0.05) is 68.8 Å². The Labute approximate surface area is 182 Å². The molecule has 0 aromatic heterocycles. The van der Waals surface area contributed by atoms with Crippen molar-refractivity contribution in [3.8, 4) is 0 Å². The Morgan fingerprint density at radius 1 is 1.14 bits per heavy atom. The summed E-state index contributed by atoms with van der Waals surface area (Å²) in [5.74, 6) is -0.227. The summed E-state index contributed by atoms with van der Waals surface area (Å²) in [6.07, 6.45) is 2.07. The van der Waals surface area contributed by atoms with Crippen molar-refractivity contribution in [3.63, 3.8) is 0 Å². The number of nitrogens with zero attached hydrogens (tertiary/aromatic N) is 1. The molecule has 6 heteroatoms. The van der Waals surface area contributed by atoms with Crippen molar-refractivity contribution in [3.05, 3.63) is 76.3 Å². The van der Waals surface area contributed by atoms with E-state index in [1.54, 1.807) is 11.9 Å². The van der Waals surface area contributed by atoms with E-state index in [0.29, 0.717) is 10.6 Å². The third kappa shape index (κ3) is 4.86. The van der Waals surface area contributed by atoms with E-state index < -0.39 is 0 Å². The van der Waals surface area contributed by atoms with Gasteiger partial charge in [0.05, 0.1) is 13.2 Å². The maximum absolute atomic E-state index is 12.9. The quantitative estimate of drug-likeness (QED) is 0.485. The van der Waals surface area contributed by atoms with Crippen LogP contribution in [0.5, 0.6) is 0 Å². The summed E-state index contributed by atoms with van der Waals surface area (Å²) in [5, 5.41) is 0.670. The summed E-state index contributed by atoms with van der Waals surface area (Å²) in [7, 11) is 1.45. The monoisotopic (exact) mass is 430 g/mol. The Bertz CT molecular complexity index is 906. The Hall–Kier alpha value is -1.79. The molecule has 0 radical (unpaired) electrons. The van der Waals surface area contributed by atoms with Crippen LogP contribution >= 0.6 is 23.5 Å². The second-order valence-corrected chi connectivity index (χ2v) is 9.72. The Balaban J connectivity index is 2.10. The molecule has 0 saturated heterocycles. The van der Waals surface area contributed by atoms with Crippen molar-refractivity contribution in [1.29, 1.82) is 0 Å². The van der Waals surface area contributed by atoms with Crippen molar-refractivity contribution in [2.75, 3.05) is 7.11 Å². The fourth-order valence-corrected chi connectivity index (χ4v) is 5.00. The van der Waals surface area contributed by atoms with E-state index in [4.69, 9.17) is 16.4 Å². The molecule has 2 aromatic rings. The second kappa shape index (κ2) is 8.92. The molecule has 0 bridgehead atoms. The minimum Gasteiger partial charge on any atom is -0.277 e. The predicted molar refractivity (Wildman–Crippen MR) is 120 cm³/mol. The van der Waals surface area contributed by atoms with Gasteiger partial charge in [-0.15, -0.1) is 0 Å². The number of carbonyl (C=O) groups excluding carboxylic acids is 1. The molecular formula is C23H27ClN2O2S. The van der Waals surface area contributed by atoms with Gasteiger partial charge in [0.25, 0.3) is 5.91 Å². The Morgan fingerprint density at radius 3 is 2.38 bits per heavy atom. The highest BCUT2D eigenvalue weighted by atomic mass is 35.5. The average Bonchev–Trinajstić information content (AvgIpc) is 3.04. The lowest BCUT2D eigenvalue weighted by Gasteiger charge is -2.37. The van der Waals surface area contributed by atoms with Crippen molar-refractivity contribution in [2.24, 2.45) is 5.41 Å². The topological polar surface area (TPSA) is 41.6 Å². The van der Waals surface area contributed by atoms with Crippen LogP contribution in [0.3, 0.4) is 0 Å². The number of benzene rings is 2. The van der Waals surface area contributed by atoms with Crippen molar-refractivity contribution in [2.45, 2.75) is 44.7 Å². The highest BCUT2D eigenvalue weighted by Crippen LogP contribution is 2.48. The molecule has 4 nitrogen and oxygen atoms in total. The van der Waals surface area contributed by atoms with Crippen LogP contribution in [0.15, 0.2) is 65.1 Å². The summed E-state index contributed by atoms with van der Waals surface area (Å²) in [4.78, 5) is 19.0. The molecule has 1 amide bonds. The normalized spacial score (nSPS) is 19.9. The molecule has 154 valence electrons. The van der Waals surface area contributed by atoms with E-state index in [2.05, 4.69) is 55.7 Å². The summed E-state index contributed by atoms with van der Waals surface area (Å²) in [6.45, 7) is 8.68. The van der Waals surface area contributed by atoms with Gasteiger partial charge in [-0.25, -0.2) is 9.79 Å². The Morgan fingerprint density at radius 2 is 1.79 bits per heavy atom. The minimum absolute atomic E-state index is 0.0467. The molecule has 29 heavy (non-hydrogen) atoms. The molecule has 0 spiro atoms. The van der Waals surface area contributed by atoms with Crippen molar-refractivity contribution >= 4 is 29.5 Å². The minimum atomic E-state index is -0.227. The van der Waals surface area contributed by atoms with Crippen molar-refractivity contribution in [1.82, 2.24) is 9.79 Å². The second-order valence-electron chi connectivity index (χ2n) is 8.24. The average molecular weight is 431 g/mol. The van der Waals surface area contributed by atoms with E-state index in [1.165, 1.54) is 17.6 Å². The van der Waals surface area contributed by atoms with Crippen LogP contribution in [0.1, 0.15) is 37.9 Å². The van der Waals surface area contributed by atoms with Crippen LogP contribution in [0.25, 0.3) is 0 Å². The van der Waals surface area contributed by atoms with Gasteiger partial charge in [-0.2, -0.15) is 0 Å². The summed E-state index contributed by atoms with van der Waals surface area (Å²) in [5.41, 5.74) is 5.32. The van der Waals surface area contributed by atoms with Gasteiger partial charge in [-0.05, 0) is 53.6 Å². The molecular weight excluding hydrogens is 404 g/mol. The molecule has 1 heterocycles. The molecule has 1 aliphatic rings. The van der Waals surface area contributed by atoms with Crippen LogP contribution in [-0.4, -0.2) is 23.4 Å². The van der Waals surface area contributed by atoms with E-state index in [0.717, 1.165) is 5.56 Å². The molecule has 1 N–H and O–H groups in total. The van der Waals surface area contributed by atoms with E-state index in [1.807, 2.05) is 36.4 Å². The maximum Gasteiger partial charge on any atom is 0.272 e. The van der Waals surface area contributed by atoms with Gasteiger partial charge in [0.1, 0.15) is 0 Å². The van der Waals surface area contributed by atoms with Crippen molar-refractivity contribution < 1.29 is 9.63 Å². The number of aryl methyl sites for hydroxylation is 1. The first-order valence-corrected chi connectivity index (χ1v) is 10.7. The van der Waals surface area contributed by atoms with Crippen LogP contribution < -0.4 is 5.48 Å². The van der Waals surface area contributed by atoms with Crippen LogP contribution in [-0.2, 0) is 9.63 Å². The third-order valence-corrected chi connectivity index (χ3v) is 6.54. The highest BCUT2D eigenvalue weighted by Gasteiger charge is 2.44. The number of nitrogens with one attached hydrogen (secondary N) is 1. The Kier molecular flexibility index (Phi) is 6.74. The van der Waals surface area contributed by atoms with Crippen LogP contribution in [0.4, 0.5) is 0 Å². The highest BCUT2D eigenvalue weighted by molar-refractivity contribution is 7.97. The number of carbonyl (C=O) groups is 1. The SMILES string of the molecule is CONC(=O)C1=CC(C(C)(C)C)N(Sc2ccccc2C)C1c1ccc(Cl)cc1. The maximum atomic E-state index is 12.9. The van der Waals surface area contributed by atoms with Crippen LogP contribution in [0.2, 0.25) is 5.02 Å². The van der Waals surface area contributed by atoms with E-state index in [9.17, 15) is 4.79 Å².